The maximum Gasteiger partial charge on any atom is 0.331 e. The van der Waals surface area contributed by atoms with Crippen LogP contribution in [0.1, 0.15) is 73.1 Å². The van der Waals surface area contributed by atoms with E-state index in [2.05, 4.69) is 6.92 Å². The first-order valence-corrected chi connectivity index (χ1v) is 8.91. The van der Waals surface area contributed by atoms with E-state index in [1.54, 1.807) is 20.8 Å². The second-order valence-corrected chi connectivity index (χ2v) is 6.93. The lowest BCUT2D eigenvalue weighted by molar-refractivity contribution is -0.157. The highest BCUT2D eigenvalue weighted by Crippen LogP contribution is 2.09. The predicted octanol–water partition coefficient (Wildman–Crippen LogP) is 3.72. The Morgan fingerprint density at radius 2 is 1.64 bits per heavy atom. The Bertz CT molecular complexity index is 447. The molecular weight excluding hydrogens is 324 g/mol. The molecule has 0 aromatic heterocycles. The van der Waals surface area contributed by atoms with Gasteiger partial charge in [0.15, 0.2) is 0 Å². The minimum atomic E-state index is -0.698. The zero-order valence-electron chi connectivity index (χ0n) is 16.1. The third-order valence-electron chi connectivity index (χ3n) is 3.11. The molecular formula is C19H32O6. The Hall–Kier alpha value is -1.85. The fourth-order valence-electron chi connectivity index (χ4n) is 1.97. The lowest BCUT2D eigenvalue weighted by atomic mass is 10.1. The molecule has 0 aliphatic rings. The van der Waals surface area contributed by atoms with Gasteiger partial charge in [0.2, 0.25) is 0 Å². The number of carbonyl (C=O) groups is 3. The lowest BCUT2D eigenvalue weighted by Gasteiger charge is -2.19. The lowest BCUT2D eigenvalue weighted by Crippen LogP contribution is -2.24. The SMILES string of the molecule is CCCCCC[C@@H](C)OC(=O)/C=C/C(=O)OCCC(=O)OC(C)(C)C. The fraction of sp³-hybridized carbons (Fsp3) is 0.737. The van der Waals surface area contributed by atoms with Gasteiger partial charge < -0.3 is 14.2 Å². The van der Waals surface area contributed by atoms with E-state index in [9.17, 15) is 14.4 Å². The number of rotatable bonds is 11. The molecule has 0 heterocycles. The van der Waals surface area contributed by atoms with E-state index in [-0.39, 0.29) is 19.1 Å². The molecule has 0 rings (SSSR count). The van der Waals surface area contributed by atoms with Crippen LogP contribution in [0.3, 0.4) is 0 Å². The molecule has 0 aliphatic heterocycles. The second-order valence-electron chi connectivity index (χ2n) is 6.93. The van der Waals surface area contributed by atoms with Crippen LogP contribution in [0.2, 0.25) is 0 Å². The molecule has 0 bridgehead atoms. The molecule has 0 radical (unpaired) electrons. The predicted molar refractivity (Wildman–Crippen MR) is 94.9 cm³/mol. The van der Waals surface area contributed by atoms with E-state index in [1.807, 2.05) is 6.92 Å². The van der Waals surface area contributed by atoms with Gasteiger partial charge in [-0.25, -0.2) is 9.59 Å². The second kappa shape index (κ2) is 12.5. The highest BCUT2D eigenvalue weighted by atomic mass is 16.6. The van der Waals surface area contributed by atoms with E-state index >= 15 is 0 Å². The summed E-state index contributed by atoms with van der Waals surface area (Å²) < 4.78 is 15.1. The van der Waals surface area contributed by atoms with Crippen LogP contribution >= 0.6 is 0 Å². The molecule has 6 heteroatoms. The number of carbonyl (C=O) groups excluding carboxylic acids is 3. The molecule has 25 heavy (non-hydrogen) atoms. The largest absolute Gasteiger partial charge is 0.462 e. The van der Waals surface area contributed by atoms with Crippen molar-refractivity contribution in [2.75, 3.05) is 6.61 Å². The van der Waals surface area contributed by atoms with E-state index in [0.29, 0.717) is 0 Å². The molecule has 6 nitrogen and oxygen atoms in total. The summed E-state index contributed by atoms with van der Waals surface area (Å²) in [6.07, 6.45) is 7.10. The van der Waals surface area contributed by atoms with Gasteiger partial charge in [-0.15, -0.1) is 0 Å². The maximum absolute atomic E-state index is 11.6. The summed E-state index contributed by atoms with van der Waals surface area (Å²) in [7, 11) is 0. The Balaban J connectivity index is 3.93. The van der Waals surface area contributed by atoms with Gasteiger partial charge >= 0.3 is 17.9 Å². The summed E-state index contributed by atoms with van der Waals surface area (Å²) in [4.78, 5) is 34.5. The Morgan fingerprint density at radius 3 is 2.24 bits per heavy atom. The monoisotopic (exact) mass is 356 g/mol. The number of esters is 3. The first kappa shape index (κ1) is 23.1. The smallest absolute Gasteiger partial charge is 0.331 e. The molecule has 0 aliphatic carbocycles. The van der Waals surface area contributed by atoms with E-state index in [1.165, 1.54) is 6.42 Å². The van der Waals surface area contributed by atoms with Crippen molar-refractivity contribution in [3.8, 4) is 0 Å². The number of unbranched alkanes of at least 4 members (excludes halogenated alkanes) is 3. The summed E-state index contributed by atoms with van der Waals surface area (Å²) in [5.41, 5.74) is -0.571. The van der Waals surface area contributed by atoms with Gasteiger partial charge in [-0.2, -0.15) is 0 Å². The van der Waals surface area contributed by atoms with Crippen LogP contribution in [0.4, 0.5) is 0 Å². The molecule has 0 saturated heterocycles. The Kier molecular flexibility index (Phi) is 11.6. The van der Waals surface area contributed by atoms with Crippen molar-refractivity contribution in [1.29, 1.82) is 0 Å². The summed E-state index contributed by atoms with van der Waals surface area (Å²) in [5.74, 6) is -1.72. The van der Waals surface area contributed by atoms with Gasteiger partial charge in [0.05, 0.1) is 12.5 Å². The van der Waals surface area contributed by atoms with Gasteiger partial charge in [0.1, 0.15) is 12.2 Å². The van der Waals surface area contributed by atoms with E-state index in [4.69, 9.17) is 14.2 Å². The molecule has 0 aromatic rings. The minimum Gasteiger partial charge on any atom is -0.462 e. The maximum atomic E-state index is 11.6. The molecule has 0 spiro atoms. The van der Waals surface area contributed by atoms with Crippen molar-refractivity contribution in [1.82, 2.24) is 0 Å². The molecule has 0 fully saturated rings. The molecule has 0 amide bonds. The number of hydrogen-bond acceptors (Lipinski definition) is 6. The summed E-state index contributed by atoms with van der Waals surface area (Å²) in [5, 5.41) is 0. The fourth-order valence-corrected chi connectivity index (χ4v) is 1.97. The molecule has 0 aromatic carbocycles. The van der Waals surface area contributed by atoms with Gasteiger partial charge in [-0.1, -0.05) is 26.2 Å². The average Bonchev–Trinajstić information content (AvgIpc) is 2.47. The van der Waals surface area contributed by atoms with Gasteiger partial charge in [0.25, 0.3) is 0 Å². The van der Waals surface area contributed by atoms with Crippen LogP contribution in [0.5, 0.6) is 0 Å². The van der Waals surface area contributed by atoms with Crippen molar-refractivity contribution in [3.05, 3.63) is 12.2 Å². The van der Waals surface area contributed by atoms with Gasteiger partial charge in [-0.05, 0) is 40.5 Å². The third kappa shape index (κ3) is 15.4. The topological polar surface area (TPSA) is 78.9 Å². The van der Waals surface area contributed by atoms with Gasteiger partial charge in [0, 0.05) is 12.2 Å². The van der Waals surface area contributed by atoms with Crippen LogP contribution < -0.4 is 0 Å². The van der Waals surface area contributed by atoms with Crippen LogP contribution in [0, 0.1) is 0 Å². The summed E-state index contributed by atoms with van der Waals surface area (Å²) in [6.45, 7) is 9.15. The number of hydrogen-bond donors (Lipinski definition) is 0. The first-order chi connectivity index (χ1) is 11.6. The molecule has 0 unspecified atom stereocenters. The van der Waals surface area contributed by atoms with Crippen LogP contribution in [0.25, 0.3) is 0 Å². The van der Waals surface area contributed by atoms with Crippen molar-refractivity contribution < 1.29 is 28.6 Å². The molecule has 0 N–H and O–H groups in total. The highest BCUT2D eigenvalue weighted by Gasteiger charge is 2.16. The quantitative estimate of drug-likeness (QED) is 0.243. The van der Waals surface area contributed by atoms with E-state index < -0.39 is 23.5 Å². The van der Waals surface area contributed by atoms with Crippen molar-refractivity contribution >= 4 is 17.9 Å². The molecule has 1 atom stereocenters. The summed E-state index contributed by atoms with van der Waals surface area (Å²) in [6, 6.07) is 0. The van der Waals surface area contributed by atoms with Crippen LogP contribution in [0.15, 0.2) is 12.2 Å². The van der Waals surface area contributed by atoms with Crippen molar-refractivity contribution in [2.24, 2.45) is 0 Å². The highest BCUT2D eigenvalue weighted by molar-refractivity contribution is 5.91. The molecule has 144 valence electrons. The average molecular weight is 356 g/mol. The van der Waals surface area contributed by atoms with E-state index in [0.717, 1.165) is 37.8 Å². The molecule has 0 saturated carbocycles. The Morgan fingerprint density at radius 1 is 1.00 bits per heavy atom. The van der Waals surface area contributed by atoms with Crippen LogP contribution in [-0.2, 0) is 28.6 Å². The Labute approximate surface area is 150 Å². The minimum absolute atomic E-state index is 0.0317. The number of ether oxygens (including phenoxy) is 3. The normalized spacial score (nSPS) is 12.7. The van der Waals surface area contributed by atoms with Gasteiger partial charge in [-0.3, -0.25) is 4.79 Å². The van der Waals surface area contributed by atoms with Crippen molar-refractivity contribution in [2.45, 2.75) is 84.8 Å². The zero-order chi connectivity index (χ0) is 19.3. The summed E-state index contributed by atoms with van der Waals surface area (Å²) >= 11 is 0. The zero-order valence-corrected chi connectivity index (χ0v) is 16.1. The first-order valence-electron chi connectivity index (χ1n) is 8.91. The van der Waals surface area contributed by atoms with Crippen molar-refractivity contribution in [3.63, 3.8) is 0 Å². The van der Waals surface area contributed by atoms with Crippen LogP contribution in [-0.4, -0.2) is 36.2 Å². The standard InChI is InChI=1S/C19H32O6/c1-6-7-8-9-10-15(2)24-17(21)12-11-16(20)23-14-13-18(22)25-19(3,4)5/h11-12,15H,6-10,13-14H2,1-5H3/b12-11+/t15-/m1/s1. The third-order valence-corrected chi connectivity index (χ3v) is 3.11.